The summed E-state index contributed by atoms with van der Waals surface area (Å²) in [6.45, 7) is 0. The van der Waals surface area contributed by atoms with Crippen LogP contribution in [0.25, 0.3) is 6.08 Å². The van der Waals surface area contributed by atoms with Crippen LogP contribution in [-0.4, -0.2) is 12.9 Å². The monoisotopic (exact) mass is 256 g/mol. The molecule has 18 heavy (non-hydrogen) atoms. The van der Waals surface area contributed by atoms with E-state index in [2.05, 4.69) is 0 Å². The molecule has 1 aliphatic rings. The van der Waals surface area contributed by atoms with Crippen LogP contribution in [0, 0.1) is 0 Å². The standard InChI is InChI=1S/C15H12O2S/c1-17-14-6-2-5-12-13(14)9-10(15(12)16)8-11-4-3-7-18-11/h2-8H,9H2,1H3. The summed E-state index contributed by atoms with van der Waals surface area (Å²) >= 11 is 1.64. The minimum atomic E-state index is 0.123. The second-order valence-electron chi connectivity index (χ2n) is 4.18. The van der Waals surface area contributed by atoms with Crippen molar-refractivity contribution in [2.75, 3.05) is 7.11 Å². The Morgan fingerprint density at radius 1 is 1.28 bits per heavy atom. The molecule has 0 amide bonds. The summed E-state index contributed by atoms with van der Waals surface area (Å²) in [5.41, 5.74) is 2.63. The maximum atomic E-state index is 12.3. The molecular formula is C15H12O2S. The van der Waals surface area contributed by atoms with Crippen molar-refractivity contribution in [1.29, 1.82) is 0 Å². The van der Waals surface area contributed by atoms with Crippen LogP contribution in [0.3, 0.4) is 0 Å². The first-order chi connectivity index (χ1) is 8.79. The van der Waals surface area contributed by atoms with Gasteiger partial charge >= 0.3 is 0 Å². The van der Waals surface area contributed by atoms with Gasteiger partial charge in [0.1, 0.15) is 5.75 Å². The van der Waals surface area contributed by atoms with Gasteiger partial charge < -0.3 is 4.74 Å². The lowest BCUT2D eigenvalue weighted by Crippen LogP contribution is -1.95. The molecule has 1 aromatic carbocycles. The molecule has 1 heterocycles. The highest BCUT2D eigenvalue weighted by molar-refractivity contribution is 7.10. The molecule has 0 N–H and O–H groups in total. The summed E-state index contributed by atoms with van der Waals surface area (Å²) < 4.78 is 5.31. The van der Waals surface area contributed by atoms with Gasteiger partial charge in [-0.1, -0.05) is 18.2 Å². The number of carbonyl (C=O) groups is 1. The highest BCUT2D eigenvalue weighted by Crippen LogP contribution is 2.34. The molecule has 0 radical (unpaired) electrons. The van der Waals surface area contributed by atoms with Crippen molar-refractivity contribution in [3.8, 4) is 5.75 Å². The molecule has 0 fully saturated rings. The first-order valence-electron chi connectivity index (χ1n) is 5.74. The molecule has 90 valence electrons. The van der Waals surface area contributed by atoms with Crippen molar-refractivity contribution in [3.63, 3.8) is 0 Å². The largest absolute Gasteiger partial charge is 0.496 e. The average molecular weight is 256 g/mol. The van der Waals surface area contributed by atoms with E-state index < -0.39 is 0 Å². The Morgan fingerprint density at radius 3 is 2.89 bits per heavy atom. The van der Waals surface area contributed by atoms with Gasteiger partial charge in [-0.25, -0.2) is 0 Å². The average Bonchev–Trinajstić information content (AvgIpc) is 3.00. The SMILES string of the molecule is COc1cccc2c1CC(=Cc1cccs1)C2=O. The van der Waals surface area contributed by atoms with E-state index in [0.29, 0.717) is 6.42 Å². The lowest BCUT2D eigenvalue weighted by molar-refractivity contribution is 0.104. The number of thiophene rings is 1. The van der Waals surface area contributed by atoms with Crippen LogP contribution < -0.4 is 4.74 Å². The summed E-state index contributed by atoms with van der Waals surface area (Å²) in [4.78, 5) is 13.4. The normalized spacial score (nSPS) is 16.1. The van der Waals surface area contributed by atoms with Crippen LogP contribution in [0.2, 0.25) is 0 Å². The van der Waals surface area contributed by atoms with Crippen molar-refractivity contribution in [1.82, 2.24) is 0 Å². The predicted molar refractivity (Wildman–Crippen MR) is 73.3 cm³/mol. The highest BCUT2D eigenvalue weighted by atomic mass is 32.1. The molecular weight excluding hydrogens is 244 g/mol. The molecule has 0 atom stereocenters. The van der Waals surface area contributed by atoms with Crippen LogP contribution in [0.5, 0.6) is 5.75 Å². The van der Waals surface area contributed by atoms with E-state index in [9.17, 15) is 4.79 Å². The van der Waals surface area contributed by atoms with Crippen molar-refractivity contribution >= 4 is 23.2 Å². The third-order valence-electron chi connectivity index (χ3n) is 3.12. The molecule has 0 bridgehead atoms. The molecule has 0 unspecified atom stereocenters. The van der Waals surface area contributed by atoms with Crippen LogP contribution in [-0.2, 0) is 6.42 Å². The van der Waals surface area contributed by atoms with Crippen molar-refractivity contribution in [2.24, 2.45) is 0 Å². The van der Waals surface area contributed by atoms with Gasteiger partial charge in [0.2, 0.25) is 0 Å². The summed E-state index contributed by atoms with van der Waals surface area (Å²) in [6.07, 6.45) is 2.64. The molecule has 3 heteroatoms. The molecule has 0 aliphatic heterocycles. The minimum Gasteiger partial charge on any atom is -0.496 e. The predicted octanol–water partition coefficient (Wildman–Crippen LogP) is 3.58. The van der Waals surface area contributed by atoms with E-state index in [1.54, 1.807) is 18.4 Å². The lowest BCUT2D eigenvalue weighted by Gasteiger charge is -2.04. The number of rotatable bonds is 2. The Kier molecular flexibility index (Phi) is 2.76. The molecule has 3 rings (SSSR count). The smallest absolute Gasteiger partial charge is 0.189 e. The topological polar surface area (TPSA) is 26.3 Å². The summed E-state index contributed by atoms with van der Waals surface area (Å²) in [5, 5.41) is 2.01. The second kappa shape index (κ2) is 4.42. The number of fused-ring (bicyclic) bond motifs is 1. The van der Waals surface area contributed by atoms with Crippen LogP contribution in [0.1, 0.15) is 20.8 Å². The van der Waals surface area contributed by atoms with E-state index in [1.807, 2.05) is 41.8 Å². The third kappa shape index (κ3) is 1.77. The van der Waals surface area contributed by atoms with E-state index in [4.69, 9.17) is 4.74 Å². The molecule has 0 saturated heterocycles. The fraction of sp³-hybridized carbons (Fsp3) is 0.133. The number of hydrogen-bond acceptors (Lipinski definition) is 3. The van der Waals surface area contributed by atoms with E-state index >= 15 is 0 Å². The minimum absolute atomic E-state index is 0.123. The van der Waals surface area contributed by atoms with E-state index in [1.165, 1.54) is 0 Å². The Bertz CT molecular complexity index is 624. The number of ether oxygens (including phenoxy) is 1. The molecule has 2 aromatic rings. The quantitative estimate of drug-likeness (QED) is 0.768. The third-order valence-corrected chi connectivity index (χ3v) is 3.94. The van der Waals surface area contributed by atoms with Crippen molar-refractivity contribution in [3.05, 3.63) is 57.3 Å². The Hall–Kier alpha value is -1.87. The number of carbonyl (C=O) groups excluding carboxylic acids is 1. The Balaban J connectivity index is 2.04. The van der Waals surface area contributed by atoms with Crippen LogP contribution in [0.4, 0.5) is 0 Å². The first kappa shape index (κ1) is 11.2. The first-order valence-corrected chi connectivity index (χ1v) is 6.62. The van der Waals surface area contributed by atoms with Crippen molar-refractivity contribution < 1.29 is 9.53 Å². The fourth-order valence-corrected chi connectivity index (χ4v) is 2.94. The highest BCUT2D eigenvalue weighted by Gasteiger charge is 2.27. The number of Topliss-reactive ketones (excluding diaryl/α,β-unsaturated/α-hetero) is 1. The zero-order chi connectivity index (χ0) is 12.5. The Morgan fingerprint density at radius 2 is 2.17 bits per heavy atom. The fourth-order valence-electron chi connectivity index (χ4n) is 2.26. The lowest BCUT2D eigenvalue weighted by atomic mass is 10.1. The summed E-state index contributed by atoms with van der Waals surface area (Å²) in [6, 6.07) is 9.65. The van der Waals surface area contributed by atoms with Crippen LogP contribution >= 0.6 is 11.3 Å². The van der Waals surface area contributed by atoms with Gasteiger partial charge in [0.05, 0.1) is 7.11 Å². The van der Waals surface area contributed by atoms with Gasteiger partial charge in [-0.3, -0.25) is 4.79 Å². The maximum Gasteiger partial charge on any atom is 0.189 e. The van der Waals surface area contributed by atoms with Gasteiger partial charge in [-0.15, -0.1) is 11.3 Å². The van der Waals surface area contributed by atoms with Gasteiger partial charge in [0.15, 0.2) is 5.78 Å². The van der Waals surface area contributed by atoms with E-state index in [0.717, 1.165) is 27.3 Å². The molecule has 0 saturated carbocycles. The van der Waals surface area contributed by atoms with Gasteiger partial charge in [0, 0.05) is 28.0 Å². The number of benzene rings is 1. The number of hydrogen-bond donors (Lipinski definition) is 0. The number of methoxy groups -OCH3 is 1. The molecule has 1 aliphatic carbocycles. The Labute approximate surface area is 110 Å². The number of allylic oxidation sites excluding steroid dienone is 1. The van der Waals surface area contributed by atoms with Gasteiger partial charge in [-0.05, 0) is 23.6 Å². The second-order valence-corrected chi connectivity index (χ2v) is 5.16. The summed E-state index contributed by atoms with van der Waals surface area (Å²) in [7, 11) is 1.64. The van der Waals surface area contributed by atoms with Gasteiger partial charge in [-0.2, -0.15) is 0 Å². The zero-order valence-electron chi connectivity index (χ0n) is 9.97. The van der Waals surface area contributed by atoms with E-state index in [-0.39, 0.29) is 5.78 Å². The van der Waals surface area contributed by atoms with Gasteiger partial charge in [0.25, 0.3) is 0 Å². The molecule has 0 spiro atoms. The van der Waals surface area contributed by atoms with Crippen LogP contribution in [0.15, 0.2) is 41.3 Å². The maximum absolute atomic E-state index is 12.3. The molecule has 1 aromatic heterocycles. The van der Waals surface area contributed by atoms with Crippen molar-refractivity contribution in [2.45, 2.75) is 6.42 Å². The zero-order valence-corrected chi connectivity index (χ0v) is 10.8. The summed E-state index contributed by atoms with van der Waals surface area (Å²) in [5.74, 6) is 0.924. The number of ketones is 1. The molecule has 2 nitrogen and oxygen atoms in total.